The minimum absolute atomic E-state index is 0.888. The molecular weight excluding hydrogens is 211 g/mol. The molecule has 0 fully saturated rings. The van der Waals surface area contributed by atoms with Crippen molar-refractivity contribution >= 4 is 34.3 Å². The molecule has 0 saturated heterocycles. The van der Waals surface area contributed by atoms with E-state index < -0.39 is 6.94 Å². The molecule has 0 radical (unpaired) electrons. The highest BCUT2D eigenvalue weighted by atomic mass is 35.7. The van der Waals surface area contributed by atoms with Gasteiger partial charge in [-0.3, -0.25) is 0 Å². The summed E-state index contributed by atoms with van der Waals surface area (Å²) in [5.74, 6) is 0. The molecule has 0 spiro atoms. The molecule has 1 nitrogen and oxygen atoms in total. The highest BCUT2D eigenvalue weighted by molar-refractivity contribution is 7.47. The molecule has 12 heavy (non-hydrogen) atoms. The Labute approximate surface area is 82.8 Å². The Hall–Kier alpha value is -0.0231. The molecule has 0 bridgehead atoms. The third kappa shape index (κ3) is 2.23. The number of aryl methyl sites for hydroxylation is 1. The van der Waals surface area contributed by atoms with Crippen LogP contribution in [0.15, 0.2) is 24.3 Å². The van der Waals surface area contributed by atoms with Crippen molar-refractivity contribution in [2.75, 3.05) is 7.11 Å². The van der Waals surface area contributed by atoms with E-state index >= 15 is 0 Å². The fourth-order valence-electron chi connectivity index (χ4n) is 0.865. The van der Waals surface area contributed by atoms with Crippen molar-refractivity contribution in [3.63, 3.8) is 0 Å². The summed E-state index contributed by atoms with van der Waals surface area (Å²) in [5.41, 5.74) is 1.19. The summed E-state index contributed by atoms with van der Waals surface area (Å²) < 4.78 is 5.03. The van der Waals surface area contributed by atoms with Gasteiger partial charge < -0.3 is 4.43 Å². The quantitative estimate of drug-likeness (QED) is 0.549. The van der Waals surface area contributed by atoms with Gasteiger partial charge in [0.05, 0.1) is 0 Å². The lowest BCUT2D eigenvalue weighted by molar-refractivity contribution is 0.437. The van der Waals surface area contributed by atoms with Gasteiger partial charge in [0.25, 0.3) is 0 Å². The van der Waals surface area contributed by atoms with Crippen molar-refractivity contribution in [3.05, 3.63) is 29.8 Å². The number of hydrogen-bond acceptors (Lipinski definition) is 1. The number of benzene rings is 1. The molecule has 0 N–H and O–H groups in total. The standard InChI is InChI=1S/C8H10Cl2OSi/c1-7-3-5-8(6-4-7)12(9,10)11-2/h3-6H,1-2H3. The van der Waals surface area contributed by atoms with E-state index in [0.717, 1.165) is 5.19 Å². The maximum absolute atomic E-state index is 5.98. The molecule has 0 saturated carbocycles. The number of hydrogen-bond donors (Lipinski definition) is 0. The van der Waals surface area contributed by atoms with Gasteiger partial charge in [-0.25, -0.2) is 0 Å². The summed E-state index contributed by atoms with van der Waals surface area (Å²) in [6.45, 7) is -0.616. The second kappa shape index (κ2) is 3.79. The Bertz CT molecular complexity index is 258. The summed E-state index contributed by atoms with van der Waals surface area (Å²) >= 11 is 12.0. The number of halogens is 2. The summed E-state index contributed by atoms with van der Waals surface area (Å²) in [6, 6.07) is 7.76. The second-order valence-corrected chi connectivity index (χ2v) is 8.38. The minimum atomic E-state index is -2.63. The lowest BCUT2D eigenvalue weighted by atomic mass is 10.2. The van der Waals surface area contributed by atoms with Gasteiger partial charge >= 0.3 is 6.94 Å². The van der Waals surface area contributed by atoms with E-state index in [1.54, 1.807) is 0 Å². The molecule has 0 aliphatic heterocycles. The maximum atomic E-state index is 5.98. The van der Waals surface area contributed by atoms with Gasteiger partial charge in [0, 0.05) is 7.11 Å². The Morgan fingerprint density at radius 1 is 1.17 bits per heavy atom. The SMILES string of the molecule is CO[Si](Cl)(Cl)c1ccc(C)cc1. The van der Waals surface area contributed by atoms with Gasteiger partial charge in [0.1, 0.15) is 0 Å². The monoisotopic (exact) mass is 220 g/mol. The van der Waals surface area contributed by atoms with Crippen LogP contribution in [0.4, 0.5) is 0 Å². The molecule has 0 heterocycles. The summed E-state index contributed by atoms with van der Waals surface area (Å²) in [7, 11) is 1.53. The molecule has 0 atom stereocenters. The Morgan fingerprint density at radius 3 is 2.08 bits per heavy atom. The highest BCUT2D eigenvalue weighted by Gasteiger charge is 2.31. The first-order chi connectivity index (χ1) is 5.56. The lowest BCUT2D eigenvalue weighted by Crippen LogP contribution is -2.38. The smallest absolute Gasteiger partial charge is 0.392 e. The molecule has 0 unspecified atom stereocenters. The van der Waals surface area contributed by atoms with Crippen LogP contribution in [-0.4, -0.2) is 14.0 Å². The van der Waals surface area contributed by atoms with E-state index in [0.29, 0.717) is 0 Å². The van der Waals surface area contributed by atoms with E-state index in [9.17, 15) is 0 Å². The zero-order chi connectivity index (χ0) is 9.19. The fraction of sp³-hybridized carbons (Fsp3) is 0.250. The van der Waals surface area contributed by atoms with Crippen LogP contribution in [0.2, 0.25) is 0 Å². The normalized spacial score (nSPS) is 11.7. The van der Waals surface area contributed by atoms with Crippen molar-refractivity contribution in [2.24, 2.45) is 0 Å². The fourth-order valence-corrected chi connectivity index (χ4v) is 2.41. The van der Waals surface area contributed by atoms with Crippen LogP contribution in [0.1, 0.15) is 5.56 Å². The summed E-state index contributed by atoms with van der Waals surface area (Å²) in [5, 5.41) is 0.888. The van der Waals surface area contributed by atoms with Crippen LogP contribution in [0.5, 0.6) is 0 Å². The summed E-state index contributed by atoms with van der Waals surface area (Å²) in [4.78, 5) is 0. The molecule has 4 heteroatoms. The van der Waals surface area contributed by atoms with Crippen LogP contribution in [0.3, 0.4) is 0 Å². The highest BCUT2D eigenvalue weighted by Crippen LogP contribution is 2.15. The van der Waals surface area contributed by atoms with Gasteiger partial charge in [-0.15, -0.1) is 22.2 Å². The Kier molecular flexibility index (Phi) is 3.18. The van der Waals surface area contributed by atoms with E-state index in [1.165, 1.54) is 12.7 Å². The van der Waals surface area contributed by atoms with E-state index in [-0.39, 0.29) is 0 Å². The van der Waals surface area contributed by atoms with E-state index in [1.807, 2.05) is 31.2 Å². The van der Waals surface area contributed by atoms with Crippen LogP contribution in [0.25, 0.3) is 0 Å². The van der Waals surface area contributed by atoms with Crippen molar-refractivity contribution in [3.8, 4) is 0 Å². The van der Waals surface area contributed by atoms with Crippen LogP contribution in [0, 0.1) is 6.92 Å². The van der Waals surface area contributed by atoms with Gasteiger partial charge in [0.15, 0.2) is 0 Å². The van der Waals surface area contributed by atoms with Gasteiger partial charge in [-0.05, 0) is 12.1 Å². The molecule has 0 aromatic heterocycles. The van der Waals surface area contributed by atoms with E-state index in [2.05, 4.69) is 0 Å². The molecule has 66 valence electrons. The third-order valence-electron chi connectivity index (χ3n) is 1.64. The van der Waals surface area contributed by atoms with Crippen LogP contribution < -0.4 is 5.19 Å². The zero-order valence-corrected chi connectivity index (χ0v) is 9.49. The first kappa shape index (κ1) is 10.1. The first-order valence-corrected chi connectivity index (χ1v) is 7.49. The first-order valence-electron chi connectivity index (χ1n) is 3.56. The average molecular weight is 221 g/mol. The Balaban J connectivity index is 2.96. The van der Waals surface area contributed by atoms with Crippen molar-refractivity contribution in [2.45, 2.75) is 6.92 Å². The van der Waals surface area contributed by atoms with Gasteiger partial charge in [0.2, 0.25) is 0 Å². The second-order valence-electron chi connectivity index (χ2n) is 2.59. The van der Waals surface area contributed by atoms with Crippen molar-refractivity contribution in [1.29, 1.82) is 0 Å². The predicted octanol–water partition coefficient (Wildman–Crippen LogP) is 2.26. The topological polar surface area (TPSA) is 9.23 Å². The molecule has 1 rings (SSSR count). The largest absolute Gasteiger partial charge is 0.423 e. The van der Waals surface area contributed by atoms with Crippen molar-refractivity contribution in [1.82, 2.24) is 0 Å². The predicted molar refractivity (Wildman–Crippen MR) is 55.3 cm³/mol. The van der Waals surface area contributed by atoms with Crippen LogP contribution in [-0.2, 0) is 4.43 Å². The number of rotatable bonds is 2. The molecule has 1 aromatic carbocycles. The lowest BCUT2D eigenvalue weighted by Gasteiger charge is -2.13. The van der Waals surface area contributed by atoms with Gasteiger partial charge in [-0.2, -0.15) is 0 Å². The Morgan fingerprint density at radius 2 is 1.67 bits per heavy atom. The van der Waals surface area contributed by atoms with Crippen molar-refractivity contribution < 1.29 is 4.43 Å². The third-order valence-corrected chi connectivity index (χ3v) is 5.40. The molecule has 1 aromatic rings. The van der Waals surface area contributed by atoms with Gasteiger partial charge in [-0.1, -0.05) is 29.8 Å². The molecular formula is C8H10Cl2OSi. The maximum Gasteiger partial charge on any atom is 0.423 e. The average Bonchev–Trinajstić information content (AvgIpc) is 2.05. The molecule has 0 aliphatic rings. The summed E-state index contributed by atoms with van der Waals surface area (Å²) in [6.07, 6.45) is 0. The zero-order valence-electron chi connectivity index (χ0n) is 6.97. The minimum Gasteiger partial charge on any atom is -0.392 e. The molecule has 0 aliphatic carbocycles. The van der Waals surface area contributed by atoms with E-state index in [4.69, 9.17) is 26.6 Å². The molecule has 0 amide bonds. The van der Waals surface area contributed by atoms with Crippen LogP contribution >= 0.6 is 22.2 Å².